The van der Waals surface area contributed by atoms with E-state index in [2.05, 4.69) is 15.5 Å². The molecule has 0 aromatic carbocycles. The van der Waals surface area contributed by atoms with Gasteiger partial charge < -0.3 is 15.3 Å². The van der Waals surface area contributed by atoms with Gasteiger partial charge in [-0.05, 0) is 44.1 Å². The SMILES string of the molecule is Cc1[nH]ncc1CCCNC(=O)N(CC(=O)O)CC1CC1. The van der Waals surface area contributed by atoms with Crippen molar-refractivity contribution in [2.75, 3.05) is 19.6 Å². The quantitative estimate of drug-likeness (QED) is 0.626. The number of carbonyl (C=O) groups excluding carboxylic acids is 1. The average molecular weight is 294 g/mol. The lowest BCUT2D eigenvalue weighted by molar-refractivity contribution is -0.137. The summed E-state index contributed by atoms with van der Waals surface area (Å²) in [5.74, 6) is -0.497. The second-order valence-electron chi connectivity index (χ2n) is 5.57. The van der Waals surface area contributed by atoms with Crippen molar-refractivity contribution < 1.29 is 14.7 Å². The van der Waals surface area contributed by atoms with Crippen LogP contribution in [0.15, 0.2) is 6.20 Å². The zero-order valence-corrected chi connectivity index (χ0v) is 12.3. The standard InChI is InChI=1S/C14H22N4O3/c1-10-12(7-16-17-10)3-2-6-15-14(21)18(9-13(19)20)8-11-4-5-11/h7,11H,2-6,8-9H2,1H3,(H,15,21)(H,16,17)(H,19,20). The van der Waals surface area contributed by atoms with E-state index < -0.39 is 5.97 Å². The number of aromatic nitrogens is 2. The minimum Gasteiger partial charge on any atom is -0.480 e. The Labute approximate surface area is 123 Å². The number of carboxylic acid groups (broad SMARTS) is 1. The first kappa shape index (κ1) is 15.3. The number of H-pyrrole nitrogens is 1. The van der Waals surface area contributed by atoms with Crippen molar-refractivity contribution in [3.63, 3.8) is 0 Å². The molecule has 0 aliphatic heterocycles. The zero-order valence-electron chi connectivity index (χ0n) is 12.3. The minimum absolute atomic E-state index is 0.233. The number of hydrogen-bond donors (Lipinski definition) is 3. The predicted octanol–water partition coefficient (Wildman–Crippen LogP) is 1.16. The summed E-state index contributed by atoms with van der Waals surface area (Å²) >= 11 is 0. The maximum Gasteiger partial charge on any atom is 0.323 e. The van der Waals surface area contributed by atoms with E-state index in [9.17, 15) is 9.59 Å². The summed E-state index contributed by atoms with van der Waals surface area (Å²) in [6.45, 7) is 2.80. The van der Waals surface area contributed by atoms with Gasteiger partial charge in [-0.2, -0.15) is 5.10 Å². The first-order valence-electron chi connectivity index (χ1n) is 7.29. The Morgan fingerprint density at radius 2 is 2.29 bits per heavy atom. The van der Waals surface area contributed by atoms with Gasteiger partial charge in [0.15, 0.2) is 0 Å². The molecule has 0 atom stereocenters. The Kier molecular flexibility index (Phi) is 5.19. The lowest BCUT2D eigenvalue weighted by Gasteiger charge is -2.21. The molecular weight excluding hydrogens is 272 g/mol. The number of nitrogens with zero attached hydrogens (tertiary/aromatic N) is 2. The van der Waals surface area contributed by atoms with Gasteiger partial charge in [0.1, 0.15) is 6.54 Å². The minimum atomic E-state index is -0.972. The molecule has 1 saturated carbocycles. The lowest BCUT2D eigenvalue weighted by Crippen LogP contribution is -2.44. The molecule has 1 aromatic rings. The number of carbonyl (C=O) groups is 2. The highest BCUT2D eigenvalue weighted by Gasteiger charge is 2.27. The fourth-order valence-electron chi connectivity index (χ4n) is 2.21. The van der Waals surface area contributed by atoms with E-state index in [0.29, 0.717) is 19.0 Å². The molecule has 0 spiro atoms. The van der Waals surface area contributed by atoms with Crippen LogP contribution < -0.4 is 5.32 Å². The summed E-state index contributed by atoms with van der Waals surface area (Å²) in [4.78, 5) is 24.2. The smallest absolute Gasteiger partial charge is 0.323 e. The summed E-state index contributed by atoms with van der Waals surface area (Å²) in [6, 6.07) is -0.284. The molecule has 0 radical (unpaired) electrons. The Morgan fingerprint density at radius 3 is 2.86 bits per heavy atom. The fourth-order valence-corrected chi connectivity index (χ4v) is 2.21. The summed E-state index contributed by atoms with van der Waals surface area (Å²) in [6.07, 6.45) is 5.61. The van der Waals surface area contributed by atoms with Gasteiger partial charge in [0.25, 0.3) is 0 Å². The van der Waals surface area contributed by atoms with E-state index in [0.717, 1.165) is 36.9 Å². The highest BCUT2D eigenvalue weighted by Crippen LogP contribution is 2.29. The van der Waals surface area contributed by atoms with E-state index in [1.54, 1.807) is 6.20 Å². The van der Waals surface area contributed by atoms with Crippen LogP contribution in [-0.4, -0.2) is 51.8 Å². The van der Waals surface area contributed by atoms with Crippen molar-refractivity contribution in [1.82, 2.24) is 20.4 Å². The molecule has 21 heavy (non-hydrogen) atoms. The van der Waals surface area contributed by atoms with Crippen LogP contribution in [0.2, 0.25) is 0 Å². The Balaban J connectivity index is 1.70. The van der Waals surface area contributed by atoms with Gasteiger partial charge in [0, 0.05) is 18.8 Å². The van der Waals surface area contributed by atoms with Crippen molar-refractivity contribution >= 4 is 12.0 Å². The zero-order chi connectivity index (χ0) is 15.2. The van der Waals surface area contributed by atoms with E-state index >= 15 is 0 Å². The molecule has 1 aliphatic carbocycles. The number of rotatable bonds is 8. The third-order valence-corrected chi connectivity index (χ3v) is 3.62. The highest BCUT2D eigenvalue weighted by molar-refractivity contribution is 5.80. The second kappa shape index (κ2) is 7.10. The van der Waals surface area contributed by atoms with Crippen molar-refractivity contribution in [2.24, 2.45) is 5.92 Å². The summed E-state index contributed by atoms with van der Waals surface area (Å²) in [7, 11) is 0. The van der Waals surface area contributed by atoms with Gasteiger partial charge in [-0.1, -0.05) is 0 Å². The Hall–Kier alpha value is -2.05. The van der Waals surface area contributed by atoms with Gasteiger partial charge in [-0.25, -0.2) is 4.79 Å². The largest absolute Gasteiger partial charge is 0.480 e. The fraction of sp³-hybridized carbons (Fsp3) is 0.643. The van der Waals surface area contributed by atoms with E-state index in [-0.39, 0.29) is 12.6 Å². The maximum atomic E-state index is 12.0. The van der Waals surface area contributed by atoms with E-state index in [1.807, 2.05) is 6.92 Å². The monoisotopic (exact) mass is 294 g/mol. The third-order valence-electron chi connectivity index (χ3n) is 3.62. The van der Waals surface area contributed by atoms with Gasteiger partial charge in [0.05, 0.1) is 6.20 Å². The molecule has 0 bridgehead atoms. The summed E-state index contributed by atoms with van der Waals surface area (Å²) in [5, 5.41) is 18.5. The molecule has 116 valence electrons. The normalized spacial score (nSPS) is 14.0. The molecule has 3 N–H and O–H groups in total. The predicted molar refractivity (Wildman–Crippen MR) is 77.0 cm³/mol. The lowest BCUT2D eigenvalue weighted by atomic mass is 10.1. The second-order valence-corrected chi connectivity index (χ2v) is 5.57. The number of aromatic amines is 1. The van der Waals surface area contributed by atoms with Crippen LogP contribution in [0.5, 0.6) is 0 Å². The molecule has 7 heteroatoms. The number of aryl methyl sites for hydroxylation is 2. The summed E-state index contributed by atoms with van der Waals surface area (Å²) < 4.78 is 0. The van der Waals surface area contributed by atoms with Gasteiger partial charge in [-0.15, -0.1) is 0 Å². The van der Waals surface area contributed by atoms with Crippen molar-refractivity contribution in [3.8, 4) is 0 Å². The van der Waals surface area contributed by atoms with Crippen LogP contribution in [0.1, 0.15) is 30.5 Å². The van der Waals surface area contributed by atoms with Crippen molar-refractivity contribution in [2.45, 2.75) is 32.6 Å². The van der Waals surface area contributed by atoms with Gasteiger partial charge in [0.2, 0.25) is 0 Å². The number of nitrogens with one attached hydrogen (secondary N) is 2. The maximum absolute atomic E-state index is 12.0. The Bertz CT molecular complexity index is 496. The molecule has 1 fully saturated rings. The number of carboxylic acids is 1. The van der Waals surface area contributed by atoms with Crippen LogP contribution in [0.25, 0.3) is 0 Å². The van der Waals surface area contributed by atoms with Crippen molar-refractivity contribution in [1.29, 1.82) is 0 Å². The number of aliphatic carboxylic acids is 1. The molecule has 0 saturated heterocycles. The molecule has 0 unspecified atom stereocenters. The average Bonchev–Trinajstić information content (AvgIpc) is 3.15. The first-order valence-corrected chi connectivity index (χ1v) is 7.29. The van der Waals surface area contributed by atoms with Gasteiger partial charge >= 0.3 is 12.0 Å². The molecule has 2 amide bonds. The van der Waals surface area contributed by atoms with E-state index in [4.69, 9.17) is 5.11 Å². The van der Waals surface area contributed by atoms with Crippen LogP contribution in [0.4, 0.5) is 4.79 Å². The molecule has 1 aliphatic rings. The highest BCUT2D eigenvalue weighted by atomic mass is 16.4. The first-order chi connectivity index (χ1) is 10.1. The summed E-state index contributed by atoms with van der Waals surface area (Å²) in [5.41, 5.74) is 2.19. The van der Waals surface area contributed by atoms with Crippen LogP contribution in [-0.2, 0) is 11.2 Å². The molecule has 2 rings (SSSR count). The Morgan fingerprint density at radius 1 is 1.52 bits per heavy atom. The topological polar surface area (TPSA) is 98.3 Å². The van der Waals surface area contributed by atoms with E-state index in [1.165, 1.54) is 4.90 Å². The molecule has 1 heterocycles. The number of hydrogen-bond acceptors (Lipinski definition) is 3. The van der Waals surface area contributed by atoms with Crippen LogP contribution in [0, 0.1) is 12.8 Å². The number of amides is 2. The van der Waals surface area contributed by atoms with Crippen molar-refractivity contribution in [3.05, 3.63) is 17.5 Å². The molecular formula is C14H22N4O3. The van der Waals surface area contributed by atoms with Crippen LogP contribution in [0.3, 0.4) is 0 Å². The number of urea groups is 1. The van der Waals surface area contributed by atoms with Gasteiger partial charge in [-0.3, -0.25) is 9.89 Å². The molecule has 1 aromatic heterocycles. The molecule has 7 nitrogen and oxygen atoms in total. The third kappa shape index (κ3) is 5.09. The van der Waals surface area contributed by atoms with Crippen LogP contribution >= 0.6 is 0 Å².